The van der Waals surface area contributed by atoms with Gasteiger partial charge in [-0.05, 0) is 37.1 Å². The lowest BCUT2D eigenvalue weighted by Gasteiger charge is -2.19. The molecule has 19 heavy (non-hydrogen) atoms. The molecule has 1 aliphatic heterocycles. The molecular formula is C14H13N3O2. The van der Waals surface area contributed by atoms with Gasteiger partial charge in [0.05, 0.1) is 17.3 Å². The first-order valence-corrected chi connectivity index (χ1v) is 6.33. The minimum Gasteiger partial charge on any atom is -0.323 e. The van der Waals surface area contributed by atoms with E-state index in [1.165, 1.54) is 4.90 Å². The summed E-state index contributed by atoms with van der Waals surface area (Å²) in [5, 5.41) is 11.6. The van der Waals surface area contributed by atoms with Gasteiger partial charge in [-0.2, -0.15) is 5.26 Å². The number of nitrogens with zero attached hydrogens (tertiary/aromatic N) is 2. The highest BCUT2D eigenvalue weighted by atomic mass is 16.2. The highest BCUT2D eigenvalue weighted by molar-refractivity contribution is 6.23. The van der Waals surface area contributed by atoms with Crippen LogP contribution in [0.3, 0.4) is 0 Å². The van der Waals surface area contributed by atoms with Crippen LogP contribution in [0.25, 0.3) is 0 Å². The summed E-state index contributed by atoms with van der Waals surface area (Å²) in [6.07, 6.45) is 3.36. The number of carbonyl (C=O) groups is 2. The number of hydrogen-bond donors (Lipinski definition) is 1. The number of hydrogen-bond acceptors (Lipinski definition) is 3. The molecule has 0 unspecified atom stereocenters. The fourth-order valence-electron chi connectivity index (χ4n) is 2.86. The molecule has 1 saturated heterocycles. The second-order valence-electron chi connectivity index (χ2n) is 5.02. The molecule has 0 atom stereocenters. The van der Waals surface area contributed by atoms with Gasteiger partial charge in [-0.1, -0.05) is 12.8 Å². The van der Waals surface area contributed by atoms with Crippen LogP contribution in [0.1, 0.15) is 31.2 Å². The second kappa shape index (κ2) is 4.09. The zero-order valence-corrected chi connectivity index (χ0v) is 10.3. The van der Waals surface area contributed by atoms with Crippen LogP contribution in [0.4, 0.5) is 10.5 Å². The minimum atomic E-state index is -0.690. The molecule has 1 aromatic rings. The van der Waals surface area contributed by atoms with E-state index in [0.29, 0.717) is 24.1 Å². The third kappa shape index (κ3) is 1.68. The predicted molar refractivity (Wildman–Crippen MR) is 68.4 cm³/mol. The van der Waals surface area contributed by atoms with Gasteiger partial charge in [-0.25, -0.2) is 9.69 Å². The molecule has 96 valence electrons. The molecule has 5 nitrogen and oxygen atoms in total. The maximum absolute atomic E-state index is 12.5. The van der Waals surface area contributed by atoms with Gasteiger partial charge in [0.15, 0.2) is 0 Å². The Morgan fingerprint density at radius 3 is 2.37 bits per heavy atom. The highest BCUT2D eigenvalue weighted by Gasteiger charge is 2.52. The van der Waals surface area contributed by atoms with Crippen molar-refractivity contribution < 1.29 is 9.59 Å². The van der Waals surface area contributed by atoms with Gasteiger partial charge in [0.2, 0.25) is 0 Å². The first-order valence-electron chi connectivity index (χ1n) is 6.33. The summed E-state index contributed by atoms with van der Waals surface area (Å²) in [4.78, 5) is 25.7. The quantitative estimate of drug-likeness (QED) is 0.779. The van der Waals surface area contributed by atoms with Crippen molar-refractivity contribution in [3.05, 3.63) is 29.8 Å². The van der Waals surface area contributed by atoms with E-state index in [9.17, 15) is 9.59 Å². The predicted octanol–water partition coefficient (Wildman–Crippen LogP) is 1.93. The molecule has 1 aromatic carbocycles. The maximum atomic E-state index is 12.5. The maximum Gasteiger partial charge on any atom is 0.329 e. The average molecular weight is 255 g/mol. The standard InChI is InChI=1S/C14H13N3O2/c15-9-10-3-5-11(6-4-10)17-12(18)14(16-13(17)19)7-1-2-8-14/h3-6H,1-2,7-8H2,(H,16,19). The Bertz CT molecular complexity index is 580. The van der Waals surface area contributed by atoms with Crippen LogP contribution in [-0.2, 0) is 4.79 Å². The SMILES string of the molecule is N#Cc1ccc(N2C(=O)NC3(CCCC3)C2=O)cc1. The topological polar surface area (TPSA) is 73.2 Å². The summed E-state index contributed by atoms with van der Waals surface area (Å²) in [6, 6.07) is 8.12. The van der Waals surface area contributed by atoms with E-state index in [2.05, 4.69) is 5.32 Å². The zero-order valence-electron chi connectivity index (χ0n) is 10.3. The lowest BCUT2D eigenvalue weighted by Crippen LogP contribution is -2.44. The van der Waals surface area contributed by atoms with Crippen molar-refractivity contribution in [2.24, 2.45) is 0 Å². The Kier molecular flexibility index (Phi) is 2.53. The van der Waals surface area contributed by atoms with E-state index >= 15 is 0 Å². The summed E-state index contributed by atoms with van der Waals surface area (Å²) in [5.41, 5.74) is 0.335. The monoisotopic (exact) mass is 255 g/mol. The van der Waals surface area contributed by atoms with Crippen LogP contribution in [0, 0.1) is 11.3 Å². The lowest BCUT2D eigenvalue weighted by molar-refractivity contribution is -0.121. The minimum absolute atomic E-state index is 0.167. The number of amides is 3. The van der Waals surface area contributed by atoms with Crippen molar-refractivity contribution in [1.82, 2.24) is 5.32 Å². The molecule has 0 radical (unpaired) electrons. The normalized spacial score (nSPS) is 20.7. The van der Waals surface area contributed by atoms with Crippen molar-refractivity contribution >= 4 is 17.6 Å². The van der Waals surface area contributed by atoms with Crippen LogP contribution in [0.15, 0.2) is 24.3 Å². The Balaban J connectivity index is 1.94. The molecule has 1 spiro atoms. The summed E-state index contributed by atoms with van der Waals surface area (Å²) < 4.78 is 0. The fourth-order valence-corrected chi connectivity index (χ4v) is 2.86. The van der Waals surface area contributed by atoms with Crippen LogP contribution in [0.5, 0.6) is 0 Å². The van der Waals surface area contributed by atoms with Crippen LogP contribution in [0.2, 0.25) is 0 Å². The summed E-state index contributed by atoms with van der Waals surface area (Å²) >= 11 is 0. The van der Waals surface area contributed by atoms with Crippen molar-refractivity contribution in [2.45, 2.75) is 31.2 Å². The van der Waals surface area contributed by atoms with E-state index in [4.69, 9.17) is 5.26 Å². The lowest BCUT2D eigenvalue weighted by atomic mass is 9.98. The number of carbonyl (C=O) groups excluding carboxylic acids is 2. The van der Waals surface area contributed by atoms with Crippen LogP contribution >= 0.6 is 0 Å². The molecule has 1 saturated carbocycles. The Labute approximate surface area is 110 Å². The zero-order chi connectivity index (χ0) is 13.5. The van der Waals surface area contributed by atoms with E-state index in [-0.39, 0.29) is 11.9 Å². The van der Waals surface area contributed by atoms with Crippen molar-refractivity contribution in [3.8, 4) is 6.07 Å². The third-order valence-corrected chi connectivity index (χ3v) is 3.87. The second-order valence-corrected chi connectivity index (χ2v) is 5.02. The first-order chi connectivity index (χ1) is 9.16. The van der Waals surface area contributed by atoms with E-state index in [1.807, 2.05) is 6.07 Å². The van der Waals surface area contributed by atoms with Crippen LogP contribution < -0.4 is 10.2 Å². The number of benzene rings is 1. The number of nitrogens with one attached hydrogen (secondary N) is 1. The van der Waals surface area contributed by atoms with E-state index in [1.54, 1.807) is 24.3 Å². The molecule has 3 rings (SSSR count). The number of anilines is 1. The van der Waals surface area contributed by atoms with Gasteiger partial charge >= 0.3 is 6.03 Å². The van der Waals surface area contributed by atoms with Gasteiger partial charge in [-0.15, -0.1) is 0 Å². The number of imide groups is 1. The number of urea groups is 1. The molecule has 0 bridgehead atoms. The van der Waals surface area contributed by atoms with Crippen molar-refractivity contribution in [2.75, 3.05) is 4.90 Å². The average Bonchev–Trinajstić information content (AvgIpc) is 2.97. The molecule has 0 aromatic heterocycles. The Morgan fingerprint density at radius 2 is 1.79 bits per heavy atom. The molecule has 1 aliphatic carbocycles. The summed E-state index contributed by atoms with van der Waals surface area (Å²) in [6.45, 7) is 0. The van der Waals surface area contributed by atoms with Gasteiger partial charge in [0.1, 0.15) is 5.54 Å². The van der Waals surface area contributed by atoms with Gasteiger partial charge in [0, 0.05) is 0 Å². The van der Waals surface area contributed by atoms with E-state index in [0.717, 1.165) is 12.8 Å². The molecular weight excluding hydrogens is 242 g/mol. The number of rotatable bonds is 1. The smallest absolute Gasteiger partial charge is 0.323 e. The molecule has 3 amide bonds. The summed E-state index contributed by atoms with van der Waals surface area (Å²) in [5.74, 6) is -0.167. The largest absolute Gasteiger partial charge is 0.329 e. The van der Waals surface area contributed by atoms with Gasteiger partial charge < -0.3 is 5.32 Å². The molecule has 5 heteroatoms. The van der Waals surface area contributed by atoms with Gasteiger partial charge in [0.25, 0.3) is 5.91 Å². The fraction of sp³-hybridized carbons (Fsp3) is 0.357. The van der Waals surface area contributed by atoms with Crippen molar-refractivity contribution in [3.63, 3.8) is 0 Å². The highest BCUT2D eigenvalue weighted by Crippen LogP contribution is 2.36. The first kappa shape index (κ1) is 11.7. The molecule has 1 heterocycles. The summed E-state index contributed by atoms with van der Waals surface area (Å²) in [7, 11) is 0. The van der Waals surface area contributed by atoms with E-state index < -0.39 is 5.54 Å². The Morgan fingerprint density at radius 1 is 1.16 bits per heavy atom. The molecule has 2 fully saturated rings. The third-order valence-electron chi connectivity index (χ3n) is 3.87. The van der Waals surface area contributed by atoms with Crippen molar-refractivity contribution in [1.29, 1.82) is 5.26 Å². The van der Waals surface area contributed by atoms with Crippen LogP contribution in [-0.4, -0.2) is 17.5 Å². The molecule has 2 aliphatic rings. The number of nitriles is 1. The Hall–Kier alpha value is -2.35. The van der Waals surface area contributed by atoms with Gasteiger partial charge in [-0.3, -0.25) is 4.79 Å². The molecule has 1 N–H and O–H groups in total.